The predicted molar refractivity (Wildman–Crippen MR) is 82.5 cm³/mol. The van der Waals surface area contributed by atoms with E-state index in [0.29, 0.717) is 19.8 Å². The van der Waals surface area contributed by atoms with Gasteiger partial charge in [0, 0.05) is 12.5 Å². The van der Waals surface area contributed by atoms with Gasteiger partial charge in [-0.1, -0.05) is 12.1 Å². The van der Waals surface area contributed by atoms with Crippen LogP contribution in [-0.2, 0) is 9.53 Å². The van der Waals surface area contributed by atoms with Crippen molar-refractivity contribution < 1.29 is 14.3 Å². The molecule has 1 N–H and O–H groups in total. The minimum atomic E-state index is -0.476. The lowest BCUT2D eigenvalue weighted by Gasteiger charge is -2.17. The molecule has 0 spiro atoms. The van der Waals surface area contributed by atoms with Crippen molar-refractivity contribution in [3.63, 3.8) is 0 Å². The number of ether oxygens (including phenoxy) is 2. The maximum Gasteiger partial charge on any atom is 0.224 e. The maximum absolute atomic E-state index is 11.9. The first-order valence-corrected chi connectivity index (χ1v) is 7.57. The molecule has 1 fully saturated rings. The van der Waals surface area contributed by atoms with Crippen LogP contribution in [-0.4, -0.2) is 31.8 Å². The molecule has 2 atom stereocenters. The topological polar surface area (TPSA) is 71.3 Å². The van der Waals surface area contributed by atoms with Crippen molar-refractivity contribution in [3.05, 3.63) is 29.3 Å². The molecular weight excluding hydrogens is 280 g/mol. The van der Waals surface area contributed by atoms with E-state index in [0.717, 1.165) is 23.3 Å². The number of nitrogens with one attached hydrogen (secondary N) is 1. The van der Waals surface area contributed by atoms with Crippen molar-refractivity contribution in [2.24, 2.45) is 5.92 Å². The molecule has 5 nitrogen and oxygen atoms in total. The van der Waals surface area contributed by atoms with Crippen LogP contribution in [0.15, 0.2) is 18.2 Å². The van der Waals surface area contributed by atoms with E-state index < -0.39 is 6.04 Å². The van der Waals surface area contributed by atoms with E-state index >= 15 is 0 Å². The summed E-state index contributed by atoms with van der Waals surface area (Å²) in [5.41, 5.74) is 2.24. The quantitative estimate of drug-likeness (QED) is 0.873. The second-order valence-corrected chi connectivity index (χ2v) is 5.59. The number of rotatable bonds is 6. The molecule has 0 radical (unpaired) electrons. The lowest BCUT2D eigenvalue weighted by molar-refractivity contribution is -0.122. The van der Waals surface area contributed by atoms with E-state index in [1.807, 2.05) is 32.0 Å². The third-order valence-electron chi connectivity index (χ3n) is 4.03. The van der Waals surface area contributed by atoms with Crippen LogP contribution in [0.1, 0.15) is 24.0 Å². The van der Waals surface area contributed by atoms with Crippen LogP contribution in [0.3, 0.4) is 0 Å². The van der Waals surface area contributed by atoms with Crippen molar-refractivity contribution in [1.29, 1.82) is 5.26 Å². The zero-order valence-electron chi connectivity index (χ0n) is 13.1. The molecule has 0 aromatic heterocycles. The minimum Gasteiger partial charge on any atom is -0.493 e. The zero-order valence-corrected chi connectivity index (χ0v) is 13.1. The Kier molecular flexibility index (Phi) is 5.79. The number of nitriles is 1. The molecule has 1 aliphatic rings. The van der Waals surface area contributed by atoms with Crippen LogP contribution in [0.5, 0.6) is 5.75 Å². The van der Waals surface area contributed by atoms with Gasteiger partial charge in [-0.05, 0) is 37.5 Å². The number of hydrogen-bond acceptors (Lipinski definition) is 4. The summed E-state index contributed by atoms with van der Waals surface area (Å²) in [4.78, 5) is 11.9. The van der Waals surface area contributed by atoms with Crippen LogP contribution in [0.4, 0.5) is 0 Å². The molecule has 118 valence electrons. The largest absolute Gasteiger partial charge is 0.493 e. The summed E-state index contributed by atoms with van der Waals surface area (Å²) >= 11 is 0. The van der Waals surface area contributed by atoms with E-state index in [1.165, 1.54) is 0 Å². The summed E-state index contributed by atoms with van der Waals surface area (Å²) in [6.07, 6.45) is 1.05. The number of carbonyl (C=O) groups excluding carboxylic acids is 1. The van der Waals surface area contributed by atoms with Crippen LogP contribution < -0.4 is 10.1 Å². The number of benzene rings is 1. The van der Waals surface area contributed by atoms with Gasteiger partial charge in [-0.15, -0.1) is 0 Å². The summed E-state index contributed by atoms with van der Waals surface area (Å²) in [5.74, 6) is 0.728. The number of amides is 1. The normalized spacial score (nSPS) is 18.5. The van der Waals surface area contributed by atoms with Gasteiger partial charge in [0.2, 0.25) is 5.91 Å². The molecule has 1 aromatic carbocycles. The Morgan fingerprint density at radius 3 is 3.05 bits per heavy atom. The lowest BCUT2D eigenvalue weighted by Crippen LogP contribution is -2.40. The highest BCUT2D eigenvalue weighted by molar-refractivity contribution is 5.76. The fraction of sp³-hybridized carbons (Fsp3) is 0.529. The zero-order chi connectivity index (χ0) is 15.9. The van der Waals surface area contributed by atoms with Gasteiger partial charge in [0.25, 0.3) is 0 Å². The molecule has 1 saturated heterocycles. The third-order valence-corrected chi connectivity index (χ3v) is 4.03. The molecule has 0 aliphatic carbocycles. The van der Waals surface area contributed by atoms with Gasteiger partial charge >= 0.3 is 0 Å². The standard InChI is InChI=1S/C17H22N2O3/c1-12-4-3-5-16(13(12)2)22-9-7-17(20)19-15(10-18)14-6-8-21-11-14/h3-5,14-15H,6-9,11H2,1-2H3,(H,19,20)/t14-,15-/m1/s1. The predicted octanol–water partition coefficient (Wildman–Crippen LogP) is 2.12. The highest BCUT2D eigenvalue weighted by Gasteiger charge is 2.26. The van der Waals surface area contributed by atoms with Crippen molar-refractivity contribution in [3.8, 4) is 11.8 Å². The second-order valence-electron chi connectivity index (χ2n) is 5.59. The molecule has 1 heterocycles. The van der Waals surface area contributed by atoms with Crippen molar-refractivity contribution >= 4 is 5.91 Å². The van der Waals surface area contributed by atoms with Gasteiger partial charge in [0.15, 0.2) is 0 Å². The van der Waals surface area contributed by atoms with E-state index in [-0.39, 0.29) is 18.2 Å². The first kappa shape index (κ1) is 16.3. The first-order valence-electron chi connectivity index (χ1n) is 7.57. The molecule has 22 heavy (non-hydrogen) atoms. The smallest absolute Gasteiger partial charge is 0.224 e. The van der Waals surface area contributed by atoms with Gasteiger partial charge in [-0.3, -0.25) is 4.79 Å². The van der Waals surface area contributed by atoms with Crippen LogP contribution in [0.25, 0.3) is 0 Å². The Labute approximate surface area is 131 Å². The van der Waals surface area contributed by atoms with E-state index in [9.17, 15) is 4.79 Å². The van der Waals surface area contributed by atoms with Crippen LogP contribution in [0, 0.1) is 31.1 Å². The van der Waals surface area contributed by atoms with Gasteiger partial charge in [-0.25, -0.2) is 0 Å². The average molecular weight is 302 g/mol. The van der Waals surface area contributed by atoms with E-state index in [2.05, 4.69) is 11.4 Å². The molecule has 1 aliphatic heterocycles. The summed E-state index contributed by atoms with van der Waals surface area (Å²) in [7, 11) is 0. The number of hydrogen-bond donors (Lipinski definition) is 1. The van der Waals surface area contributed by atoms with Crippen molar-refractivity contribution in [1.82, 2.24) is 5.32 Å². The Morgan fingerprint density at radius 2 is 2.36 bits per heavy atom. The Hall–Kier alpha value is -2.06. The molecule has 5 heteroatoms. The number of carbonyl (C=O) groups is 1. The first-order chi connectivity index (χ1) is 10.6. The average Bonchev–Trinajstić information content (AvgIpc) is 3.03. The highest BCUT2D eigenvalue weighted by atomic mass is 16.5. The molecule has 2 rings (SSSR count). The Bertz CT molecular complexity index is 560. The summed E-state index contributed by atoms with van der Waals surface area (Å²) < 4.78 is 10.9. The number of nitrogens with zero attached hydrogens (tertiary/aromatic N) is 1. The molecule has 0 saturated carbocycles. The summed E-state index contributed by atoms with van der Waals surface area (Å²) in [6, 6.07) is 7.53. The van der Waals surface area contributed by atoms with E-state index in [1.54, 1.807) is 0 Å². The molecule has 1 aromatic rings. The van der Waals surface area contributed by atoms with Crippen LogP contribution in [0.2, 0.25) is 0 Å². The van der Waals surface area contributed by atoms with Crippen molar-refractivity contribution in [2.45, 2.75) is 32.7 Å². The molecule has 1 amide bonds. The van der Waals surface area contributed by atoms with Gasteiger partial charge in [0.05, 0.1) is 25.7 Å². The second kappa shape index (κ2) is 7.81. The third kappa shape index (κ3) is 4.22. The highest BCUT2D eigenvalue weighted by Crippen LogP contribution is 2.20. The summed E-state index contributed by atoms with van der Waals surface area (Å²) in [6.45, 7) is 5.52. The minimum absolute atomic E-state index is 0.0916. The Balaban J connectivity index is 1.78. The maximum atomic E-state index is 11.9. The lowest BCUT2D eigenvalue weighted by atomic mass is 10.0. The molecule has 0 bridgehead atoms. The van der Waals surface area contributed by atoms with Gasteiger partial charge in [-0.2, -0.15) is 5.26 Å². The Morgan fingerprint density at radius 1 is 1.55 bits per heavy atom. The fourth-order valence-electron chi connectivity index (χ4n) is 2.45. The van der Waals surface area contributed by atoms with E-state index in [4.69, 9.17) is 14.7 Å². The fourth-order valence-corrected chi connectivity index (χ4v) is 2.45. The van der Waals surface area contributed by atoms with Crippen molar-refractivity contribution in [2.75, 3.05) is 19.8 Å². The van der Waals surface area contributed by atoms with Gasteiger partial charge in [0.1, 0.15) is 11.8 Å². The van der Waals surface area contributed by atoms with Gasteiger partial charge < -0.3 is 14.8 Å². The molecular formula is C17H22N2O3. The molecule has 0 unspecified atom stereocenters. The number of aryl methyl sites for hydroxylation is 1. The van der Waals surface area contributed by atoms with Crippen LogP contribution >= 0.6 is 0 Å². The monoisotopic (exact) mass is 302 g/mol. The SMILES string of the molecule is Cc1cccc(OCCC(=O)N[C@H](C#N)[C@@H]2CCOC2)c1C. The summed E-state index contributed by atoms with van der Waals surface area (Å²) in [5, 5.41) is 11.9.